The molecule has 2 aromatic rings. The fourth-order valence-corrected chi connectivity index (χ4v) is 1.95. The number of halogens is 1. The van der Waals surface area contributed by atoms with Gasteiger partial charge in [-0.1, -0.05) is 15.9 Å². The first-order valence-corrected chi connectivity index (χ1v) is 6.42. The van der Waals surface area contributed by atoms with Crippen LogP contribution < -0.4 is 0 Å². The van der Waals surface area contributed by atoms with Gasteiger partial charge < -0.3 is 9.32 Å². The number of hydrogen-bond acceptors (Lipinski definition) is 2. The first kappa shape index (κ1) is 12.9. The summed E-state index contributed by atoms with van der Waals surface area (Å²) in [4.78, 5) is 13.8. The van der Waals surface area contributed by atoms with Crippen LogP contribution in [0.2, 0.25) is 0 Å². The van der Waals surface area contributed by atoms with E-state index in [9.17, 15) is 4.79 Å². The molecule has 0 aliphatic heterocycles. The molecule has 4 heteroatoms. The average molecular weight is 308 g/mol. The van der Waals surface area contributed by atoms with Gasteiger partial charge in [-0.05, 0) is 43.3 Å². The maximum absolute atomic E-state index is 12.1. The molecule has 18 heavy (non-hydrogen) atoms. The van der Waals surface area contributed by atoms with E-state index in [-0.39, 0.29) is 5.91 Å². The van der Waals surface area contributed by atoms with Crippen LogP contribution >= 0.6 is 15.9 Å². The third-order valence-corrected chi connectivity index (χ3v) is 3.16. The third-order valence-electron chi connectivity index (χ3n) is 2.63. The molecule has 1 aromatic carbocycles. The Morgan fingerprint density at radius 1 is 1.22 bits per heavy atom. The van der Waals surface area contributed by atoms with Crippen LogP contribution in [-0.4, -0.2) is 17.9 Å². The molecule has 1 amide bonds. The summed E-state index contributed by atoms with van der Waals surface area (Å²) in [5, 5.41) is 0. The maximum atomic E-state index is 12.1. The number of aryl methyl sites for hydroxylation is 1. The van der Waals surface area contributed by atoms with Crippen molar-refractivity contribution < 1.29 is 9.21 Å². The van der Waals surface area contributed by atoms with E-state index in [0.717, 1.165) is 16.0 Å². The summed E-state index contributed by atoms with van der Waals surface area (Å²) in [5.74, 6) is 1.63. The van der Waals surface area contributed by atoms with Gasteiger partial charge in [0.05, 0.1) is 6.54 Å². The maximum Gasteiger partial charge on any atom is 0.254 e. The highest BCUT2D eigenvalue weighted by molar-refractivity contribution is 9.10. The van der Waals surface area contributed by atoms with Crippen molar-refractivity contribution in [1.82, 2.24) is 4.90 Å². The van der Waals surface area contributed by atoms with Crippen LogP contribution in [-0.2, 0) is 6.54 Å². The number of hydrogen-bond donors (Lipinski definition) is 0. The highest BCUT2D eigenvalue weighted by Crippen LogP contribution is 2.14. The largest absolute Gasteiger partial charge is 0.464 e. The van der Waals surface area contributed by atoms with Gasteiger partial charge in [-0.15, -0.1) is 0 Å². The van der Waals surface area contributed by atoms with E-state index in [0.29, 0.717) is 12.1 Å². The van der Waals surface area contributed by atoms with Gasteiger partial charge in [0.1, 0.15) is 11.5 Å². The summed E-state index contributed by atoms with van der Waals surface area (Å²) in [6.07, 6.45) is 0. The number of rotatable bonds is 3. The molecule has 0 saturated heterocycles. The van der Waals surface area contributed by atoms with Crippen molar-refractivity contribution in [3.8, 4) is 0 Å². The zero-order valence-corrected chi connectivity index (χ0v) is 11.9. The summed E-state index contributed by atoms with van der Waals surface area (Å²) in [6, 6.07) is 11.1. The van der Waals surface area contributed by atoms with Crippen LogP contribution in [0, 0.1) is 6.92 Å². The van der Waals surface area contributed by atoms with E-state index in [1.54, 1.807) is 24.1 Å². The molecular formula is C14H14BrNO2. The SMILES string of the molecule is Cc1ccc(CN(C)C(=O)c2ccc(Br)cc2)o1. The van der Waals surface area contributed by atoms with Gasteiger partial charge in [0.15, 0.2) is 0 Å². The zero-order chi connectivity index (χ0) is 13.1. The van der Waals surface area contributed by atoms with Crippen molar-refractivity contribution in [3.63, 3.8) is 0 Å². The predicted molar refractivity (Wildman–Crippen MR) is 73.4 cm³/mol. The Labute approximate surface area is 115 Å². The van der Waals surface area contributed by atoms with Gasteiger partial charge in [-0.2, -0.15) is 0 Å². The molecule has 0 unspecified atom stereocenters. The Morgan fingerprint density at radius 3 is 2.44 bits per heavy atom. The van der Waals surface area contributed by atoms with Crippen molar-refractivity contribution in [2.24, 2.45) is 0 Å². The van der Waals surface area contributed by atoms with E-state index in [4.69, 9.17) is 4.42 Å². The van der Waals surface area contributed by atoms with Gasteiger partial charge in [-0.3, -0.25) is 4.79 Å². The molecule has 0 fully saturated rings. The van der Waals surface area contributed by atoms with E-state index < -0.39 is 0 Å². The van der Waals surface area contributed by atoms with E-state index >= 15 is 0 Å². The molecule has 1 heterocycles. The van der Waals surface area contributed by atoms with E-state index in [1.165, 1.54) is 0 Å². The second kappa shape index (κ2) is 5.40. The quantitative estimate of drug-likeness (QED) is 0.867. The third kappa shape index (κ3) is 3.01. The number of furan rings is 1. The van der Waals surface area contributed by atoms with Crippen LogP contribution in [0.15, 0.2) is 45.3 Å². The standard InChI is InChI=1S/C14H14BrNO2/c1-10-3-8-13(18-10)9-16(2)14(17)11-4-6-12(15)7-5-11/h3-8H,9H2,1-2H3. The highest BCUT2D eigenvalue weighted by Gasteiger charge is 2.13. The highest BCUT2D eigenvalue weighted by atomic mass is 79.9. The number of nitrogens with zero attached hydrogens (tertiary/aromatic N) is 1. The minimum Gasteiger partial charge on any atom is -0.464 e. The van der Waals surface area contributed by atoms with Crippen molar-refractivity contribution >= 4 is 21.8 Å². The minimum atomic E-state index is -0.0171. The molecule has 0 radical (unpaired) electrons. The van der Waals surface area contributed by atoms with Gasteiger partial charge in [0.25, 0.3) is 5.91 Å². The first-order chi connectivity index (χ1) is 8.56. The first-order valence-electron chi connectivity index (χ1n) is 5.62. The Hall–Kier alpha value is -1.55. The van der Waals surface area contributed by atoms with Crippen LogP contribution in [0.3, 0.4) is 0 Å². The van der Waals surface area contributed by atoms with Crippen LogP contribution in [0.1, 0.15) is 21.9 Å². The van der Waals surface area contributed by atoms with Crippen molar-refractivity contribution in [2.75, 3.05) is 7.05 Å². The summed E-state index contributed by atoms with van der Waals surface area (Å²) in [7, 11) is 1.77. The zero-order valence-electron chi connectivity index (χ0n) is 10.3. The summed E-state index contributed by atoms with van der Waals surface area (Å²) in [5.41, 5.74) is 0.670. The lowest BCUT2D eigenvalue weighted by Gasteiger charge is -2.15. The Balaban J connectivity index is 2.07. The summed E-state index contributed by atoms with van der Waals surface area (Å²) < 4.78 is 6.42. The summed E-state index contributed by atoms with van der Waals surface area (Å²) in [6.45, 7) is 2.36. The lowest BCUT2D eigenvalue weighted by molar-refractivity contribution is 0.0775. The fourth-order valence-electron chi connectivity index (χ4n) is 1.69. The molecule has 3 nitrogen and oxygen atoms in total. The van der Waals surface area contributed by atoms with Crippen LogP contribution in [0.4, 0.5) is 0 Å². The van der Waals surface area contributed by atoms with Crippen molar-refractivity contribution in [2.45, 2.75) is 13.5 Å². The van der Waals surface area contributed by atoms with Crippen LogP contribution in [0.25, 0.3) is 0 Å². The Kier molecular flexibility index (Phi) is 3.87. The topological polar surface area (TPSA) is 33.5 Å². The molecule has 0 atom stereocenters. The van der Waals surface area contributed by atoms with Gasteiger partial charge in [0.2, 0.25) is 0 Å². The predicted octanol–water partition coefficient (Wildman–Crippen LogP) is 3.62. The van der Waals surface area contributed by atoms with Crippen LogP contribution in [0.5, 0.6) is 0 Å². The number of carbonyl (C=O) groups excluding carboxylic acids is 1. The van der Waals surface area contributed by atoms with E-state index in [2.05, 4.69) is 15.9 Å². The van der Waals surface area contributed by atoms with Gasteiger partial charge in [0, 0.05) is 17.1 Å². The van der Waals surface area contributed by atoms with Gasteiger partial charge >= 0.3 is 0 Å². The fraction of sp³-hybridized carbons (Fsp3) is 0.214. The van der Waals surface area contributed by atoms with E-state index in [1.807, 2.05) is 31.2 Å². The smallest absolute Gasteiger partial charge is 0.254 e. The molecule has 1 aromatic heterocycles. The molecule has 0 aliphatic carbocycles. The number of carbonyl (C=O) groups is 1. The molecule has 2 rings (SSSR count). The Morgan fingerprint density at radius 2 is 1.89 bits per heavy atom. The molecule has 0 aliphatic rings. The molecule has 0 spiro atoms. The second-order valence-corrected chi connectivity index (χ2v) is 5.10. The molecule has 0 N–H and O–H groups in total. The average Bonchev–Trinajstić information content (AvgIpc) is 2.75. The number of benzene rings is 1. The second-order valence-electron chi connectivity index (χ2n) is 4.18. The summed E-state index contributed by atoms with van der Waals surface area (Å²) >= 11 is 3.35. The number of amides is 1. The van der Waals surface area contributed by atoms with Crippen molar-refractivity contribution in [3.05, 3.63) is 58.0 Å². The molecule has 0 bridgehead atoms. The molecular weight excluding hydrogens is 294 g/mol. The molecule has 0 saturated carbocycles. The van der Waals surface area contributed by atoms with Crippen molar-refractivity contribution in [1.29, 1.82) is 0 Å². The molecule has 94 valence electrons. The normalized spacial score (nSPS) is 10.4. The monoisotopic (exact) mass is 307 g/mol. The lowest BCUT2D eigenvalue weighted by Crippen LogP contribution is -2.25. The Bertz CT molecular complexity index is 545. The van der Waals surface area contributed by atoms with Gasteiger partial charge in [-0.25, -0.2) is 0 Å². The lowest BCUT2D eigenvalue weighted by atomic mass is 10.2. The minimum absolute atomic E-state index is 0.0171.